The van der Waals surface area contributed by atoms with Crippen molar-refractivity contribution in [3.8, 4) is 10.7 Å². The minimum atomic E-state index is -0.0834. The molecule has 4 aliphatic carbocycles. The number of carbonyl (C=O) groups excluding carboxylic acids is 1. The lowest BCUT2D eigenvalue weighted by Gasteiger charge is -2.56. The van der Waals surface area contributed by atoms with E-state index in [0.717, 1.165) is 78.9 Å². The molecule has 5 fully saturated rings. The number of ether oxygens (including phenoxy) is 1. The lowest BCUT2D eigenvalue weighted by atomic mass is 9.48. The second kappa shape index (κ2) is 7.99. The van der Waals surface area contributed by atoms with E-state index in [2.05, 4.69) is 39.2 Å². The zero-order chi connectivity index (χ0) is 21.0. The second-order valence-electron chi connectivity index (χ2n) is 10.4. The first-order chi connectivity index (χ1) is 15.1. The van der Waals surface area contributed by atoms with Crippen LogP contribution in [0.25, 0.3) is 10.7 Å². The molecule has 1 saturated heterocycles. The van der Waals surface area contributed by atoms with Gasteiger partial charge in [-0.15, -0.1) is 21.5 Å². The first-order valence-electron chi connectivity index (χ1n) is 11.9. The third-order valence-electron chi connectivity index (χ3n) is 8.08. The molecule has 0 radical (unpaired) electrons. The van der Waals surface area contributed by atoms with Crippen molar-refractivity contribution in [3.63, 3.8) is 0 Å². The zero-order valence-corrected chi connectivity index (χ0v) is 19.8. The molecule has 166 valence electrons. The molecule has 2 atom stereocenters. The van der Waals surface area contributed by atoms with Crippen molar-refractivity contribution in [2.45, 2.75) is 81.3 Å². The van der Waals surface area contributed by atoms with Crippen LogP contribution in [0.15, 0.2) is 22.7 Å². The van der Waals surface area contributed by atoms with Gasteiger partial charge in [0.05, 0.1) is 22.8 Å². The average Bonchev–Trinajstić information content (AvgIpc) is 3.50. The van der Waals surface area contributed by atoms with E-state index in [9.17, 15) is 4.79 Å². The molecule has 2 unspecified atom stereocenters. The monoisotopic (exact) mass is 457 g/mol. The third kappa shape index (κ3) is 3.70. The van der Waals surface area contributed by atoms with Crippen LogP contribution in [0.5, 0.6) is 0 Å². The van der Waals surface area contributed by atoms with Gasteiger partial charge in [-0.1, -0.05) is 17.8 Å². The molecule has 3 heterocycles. The van der Waals surface area contributed by atoms with Crippen LogP contribution in [-0.4, -0.2) is 38.5 Å². The second-order valence-corrected chi connectivity index (χ2v) is 12.6. The third-order valence-corrected chi connectivity index (χ3v) is 10.0. The maximum atomic E-state index is 13.8. The predicted molar refractivity (Wildman–Crippen MR) is 123 cm³/mol. The number of carbonyl (C=O) groups is 1. The molecule has 0 N–H and O–H groups in total. The van der Waals surface area contributed by atoms with Gasteiger partial charge in [0.2, 0.25) is 0 Å². The Morgan fingerprint density at radius 2 is 2.00 bits per heavy atom. The van der Waals surface area contributed by atoms with Crippen LogP contribution >= 0.6 is 23.1 Å². The summed E-state index contributed by atoms with van der Waals surface area (Å²) >= 11 is 3.30. The van der Waals surface area contributed by atoms with E-state index >= 15 is 0 Å². The Morgan fingerprint density at radius 3 is 2.61 bits per heavy atom. The molecular weight excluding hydrogens is 426 g/mol. The molecule has 4 saturated carbocycles. The van der Waals surface area contributed by atoms with Crippen molar-refractivity contribution < 1.29 is 9.53 Å². The minimum absolute atomic E-state index is 0.0584. The van der Waals surface area contributed by atoms with E-state index in [1.54, 1.807) is 23.1 Å². The summed E-state index contributed by atoms with van der Waals surface area (Å²) in [5, 5.41) is 12.0. The highest BCUT2D eigenvalue weighted by Crippen LogP contribution is 2.61. The summed E-state index contributed by atoms with van der Waals surface area (Å²) in [5.74, 6) is 3.76. The van der Waals surface area contributed by atoms with Crippen molar-refractivity contribution in [2.75, 3.05) is 6.61 Å². The van der Waals surface area contributed by atoms with E-state index in [0.29, 0.717) is 5.78 Å². The summed E-state index contributed by atoms with van der Waals surface area (Å²) in [4.78, 5) is 14.9. The van der Waals surface area contributed by atoms with Crippen molar-refractivity contribution >= 4 is 28.9 Å². The van der Waals surface area contributed by atoms with Gasteiger partial charge >= 0.3 is 0 Å². The highest BCUT2D eigenvalue weighted by molar-refractivity contribution is 8.00. The molecule has 31 heavy (non-hydrogen) atoms. The van der Waals surface area contributed by atoms with Crippen LogP contribution in [0.3, 0.4) is 0 Å². The van der Waals surface area contributed by atoms with Gasteiger partial charge in [-0.25, -0.2) is 0 Å². The van der Waals surface area contributed by atoms with E-state index in [1.165, 1.54) is 19.3 Å². The standard InChI is InChI=1S/C24H31N3O2S2/c1-15(21(28)24-11-16-8-17(12-24)10-18(9-16)13-24)31-23-26-25-22(20-5-3-7-30-20)27(23)14-19-4-2-6-29-19/h3,5,7,15-19H,2,4,6,8-14H2,1H3. The maximum absolute atomic E-state index is 13.8. The van der Waals surface area contributed by atoms with Gasteiger partial charge in [0.25, 0.3) is 0 Å². The number of thioether (sulfide) groups is 1. The van der Waals surface area contributed by atoms with Crippen LogP contribution in [0.1, 0.15) is 58.3 Å². The largest absolute Gasteiger partial charge is 0.376 e. The van der Waals surface area contributed by atoms with Crippen LogP contribution in [-0.2, 0) is 16.1 Å². The molecule has 5 nitrogen and oxygen atoms in total. The first-order valence-corrected chi connectivity index (χ1v) is 13.7. The van der Waals surface area contributed by atoms with Crippen molar-refractivity contribution in [1.82, 2.24) is 14.8 Å². The summed E-state index contributed by atoms with van der Waals surface area (Å²) in [6.07, 6.45) is 9.90. The quantitative estimate of drug-likeness (QED) is 0.517. The Balaban J connectivity index is 1.25. The summed E-state index contributed by atoms with van der Waals surface area (Å²) < 4.78 is 8.13. The minimum Gasteiger partial charge on any atom is -0.376 e. The molecule has 0 spiro atoms. The Morgan fingerprint density at radius 1 is 1.26 bits per heavy atom. The molecule has 0 amide bonds. The Labute approximate surface area is 192 Å². The van der Waals surface area contributed by atoms with Crippen LogP contribution in [0, 0.1) is 23.2 Å². The first kappa shape index (κ1) is 20.4. The smallest absolute Gasteiger partial charge is 0.192 e. The molecule has 1 aliphatic heterocycles. The summed E-state index contributed by atoms with van der Waals surface area (Å²) in [7, 11) is 0. The molecular formula is C24H31N3O2S2. The maximum Gasteiger partial charge on any atom is 0.192 e. The number of ketones is 1. The fourth-order valence-electron chi connectivity index (χ4n) is 7.18. The van der Waals surface area contributed by atoms with Gasteiger partial charge < -0.3 is 4.74 Å². The lowest BCUT2D eigenvalue weighted by Crippen LogP contribution is -2.51. The summed E-state index contributed by atoms with van der Waals surface area (Å²) in [6, 6.07) is 4.15. The van der Waals surface area contributed by atoms with Gasteiger partial charge in [-0.3, -0.25) is 9.36 Å². The van der Waals surface area contributed by atoms with Gasteiger partial charge in [-0.05, 0) is 87.5 Å². The van der Waals surface area contributed by atoms with Gasteiger partial charge in [-0.2, -0.15) is 0 Å². The number of rotatable bonds is 7. The van der Waals surface area contributed by atoms with Gasteiger partial charge in [0.15, 0.2) is 16.8 Å². The highest BCUT2D eigenvalue weighted by atomic mass is 32.2. The summed E-state index contributed by atoms with van der Waals surface area (Å²) in [5.41, 5.74) is -0.0584. The highest BCUT2D eigenvalue weighted by Gasteiger charge is 2.55. The van der Waals surface area contributed by atoms with Crippen LogP contribution in [0.4, 0.5) is 0 Å². The van der Waals surface area contributed by atoms with Gasteiger partial charge in [0, 0.05) is 12.0 Å². The molecule has 5 aliphatic rings. The van der Waals surface area contributed by atoms with E-state index in [1.807, 2.05) is 0 Å². The average molecular weight is 458 g/mol. The van der Waals surface area contributed by atoms with Crippen molar-refractivity contribution in [3.05, 3.63) is 17.5 Å². The lowest BCUT2D eigenvalue weighted by molar-refractivity contribution is -0.142. The SMILES string of the molecule is CC(Sc1nnc(-c2cccs2)n1CC1CCCO1)C(=O)C12CC3CC(CC(C3)C1)C2. The van der Waals surface area contributed by atoms with Crippen LogP contribution in [0.2, 0.25) is 0 Å². The van der Waals surface area contributed by atoms with Crippen molar-refractivity contribution in [1.29, 1.82) is 0 Å². The number of Topliss-reactive ketones (excluding diaryl/α,β-unsaturated/α-hetero) is 1. The molecule has 0 aromatic carbocycles. The number of hydrogen-bond acceptors (Lipinski definition) is 6. The molecule has 7 heteroatoms. The number of hydrogen-bond donors (Lipinski definition) is 0. The molecule has 7 rings (SSSR count). The fourth-order valence-corrected chi connectivity index (χ4v) is 8.94. The number of nitrogens with zero attached hydrogens (tertiary/aromatic N) is 3. The van der Waals surface area contributed by atoms with Crippen LogP contribution < -0.4 is 0 Å². The Hall–Kier alpha value is -1.18. The Kier molecular flexibility index (Phi) is 5.27. The predicted octanol–water partition coefficient (Wildman–Crippen LogP) is 5.45. The topological polar surface area (TPSA) is 57.0 Å². The van der Waals surface area contributed by atoms with E-state index in [4.69, 9.17) is 4.74 Å². The number of thiophene rings is 1. The molecule has 2 aromatic rings. The summed E-state index contributed by atoms with van der Waals surface area (Å²) in [6.45, 7) is 3.70. The molecule has 4 bridgehead atoms. The zero-order valence-electron chi connectivity index (χ0n) is 18.2. The van der Waals surface area contributed by atoms with Gasteiger partial charge in [0.1, 0.15) is 0 Å². The van der Waals surface area contributed by atoms with Crippen molar-refractivity contribution in [2.24, 2.45) is 23.2 Å². The van der Waals surface area contributed by atoms with E-state index in [-0.39, 0.29) is 16.8 Å². The number of aromatic nitrogens is 3. The Bertz CT molecular complexity index is 913. The normalized spacial score (nSPS) is 35.0. The molecule has 2 aromatic heterocycles. The fraction of sp³-hybridized carbons (Fsp3) is 0.708. The van der Waals surface area contributed by atoms with E-state index < -0.39 is 0 Å².